The van der Waals surface area contributed by atoms with Gasteiger partial charge in [-0.05, 0) is 56.7 Å². The molecular formula is C23H29N3O4. The van der Waals surface area contributed by atoms with Crippen molar-refractivity contribution in [2.24, 2.45) is 0 Å². The van der Waals surface area contributed by atoms with Crippen molar-refractivity contribution in [2.45, 2.75) is 63.8 Å². The van der Waals surface area contributed by atoms with Gasteiger partial charge in [-0.15, -0.1) is 0 Å². The standard InChI is InChI=1S/C23H29N3O4/c1-15(26(17-10-11-17)22(27)21-9-5-6-12-30-21)20-13-16(14-24-23(28)29-2)18-7-3-4-8-19(18)25-20/h3-4,7-8,13,15,17,21H,5-6,9-12,14H2,1-2H3,(H,24,28)/t15-,21-/m1/s1. The highest BCUT2D eigenvalue weighted by atomic mass is 16.5. The number of para-hydroxylation sites is 1. The van der Waals surface area contributed by atoms with E-state index in [9.17, 15) is 9.59 Å². The van der Waals surface area contributed by atoms with Crippen LogP contribution in [0.15, 0.2) is 30.3 Å². The largest absolute Gasteiger partial charge is 0.453 e. The third-order valence-corrected chi connectivity index (χ3v) is 5.93. The Bertz CT molecular complexity index is 922. The summed E-state index contributed by atoms with van der Waals surface area (Å²) in [6.45, 7) is 3.02. The summed E-state index contributed by atoms with van der Waals surface area (Å²) < 4.78 is 10.5. The normalized spacial score (nSPS) is 19.9. The Morgan fingerprint density at radius 1 is 1.27 bits per heavy atom. The lowest BCUT2D eigenvalue weighted by Crippen LogP contribution is -2.44. The Morgan fingerprint density at radius 2 is 2.07 bits per heavy atom. The summed E-state index contributed by atoms with van der Waals surface area (Å²) in [6.07, 6.45) is 4.05. The first-order valence-electron chi connectivity index (χ1n) is 10.7. The average molecular weight is 412 g/mol. The molecule has 2 fully saturated rings. The van der Waals surface area contributed by atoms with Crippen molar-refractivity contribution in [1.29, 1.82) is 0 Å². The van der Waals surface area contributed by atoms with Gasteiger partial charge < -0.3 is 19.7 Å². The second-order valence-electron chi connectivity index (χ2n) is 8.08. The molecule has 160 valence electrons. The molecular weight excluding hydrogens is 382 g/mol. The smallest absolute Gasteiger partial charge is 0.407 e. The maximum Gasteiger partial charge on any atom is 0.407 e. The van der Waals surface area contributed by atoms with Crippen LogP contribution in [0.25, 0.3) is 10.9 Å². The van der Waals surface area contributed by atoms with Gasteiger partial charge in [0.1, 0.15) is 6.10 Å². The van der Waals surface area contributed by atoms with Crippen molar-refractivity contribution >= 4 is 22.9 Å². The fourth-order valence-electron chi connectivity index (χ4n) is 4.15. The third kappa shape index (κ3) is 4.41. The summed E-state index contributed by atoms with van der Waals surface area (Å²) in [7, 11) is 1.35. The van der Waals surface area contributed by atoms with Crippen LogP contribution in [0.2, 0.25) is 0 Å². The number of aromatic nitrogens is 1. The Hall–Kier alpha value is -2.67. The molecule has 1 aliphatic carbocycles. The SMILES string of the molecule is COC(=O)NCc1cc([C@@H](C)N(C(=O)[C@H]2CCCCO2)C2CC2)nc2ccccc12. The van der Waals surface area contributed by atoms with E-state index in [-0.39, 0.29) is 24.1 Å². The minimum Gasteiger partial charge on any atom is -0.453 e. The van der Waals surface area contributed by atoms with E-state index >= 15 is 0 Å². The molecule has 1 saturated carbocycles. The molecule has 2 amide bonds. The molecule has 30 heavy (non-hydrogen) atoms. The number of ether oxygens (including phenoxy) is 2. The lowest BCUT2D eigenvalue weighted by Gasteiger charge is -2.34. The summed E-state index contributed by atoms with van der Waals surface area (Å²) in [4.78, 5) is 31.7. The molecule has 1 N–H and O–H groups in total. The van der Waals surface area contributed by atoms with Crippen LogP contribution in [0.3, 0.4) is 0 Å². The van der Waals surface area contributed by atoms with E-state index in [2.05, 4.69) is 5.32 Å². The lowest BCUT2D eigenvalue weighted by molar-refractivity contribution is -0.149. The minimum atomic E-state index is -0.477. The highest BCUT2D eigenvalue weighted by Crippen LogP contribution is 2.36. The van der Waals surface area contributed by atoms with Gasteiger partial charge in [-0.1, -0.05) is 18.2 Å². The zero-order valence-electron chi connectivity index (χ0n) is 17.6. The second kappa shape index (κ2) is 9.00. The highest BCUT2D eigenvalue weighted by molar-refractivity contribution is 5.84. The van der Waals surface area contributed by atoms with Gasteiger partial charge >= 0.3 is 6.09 Å². The van der Waals surface area contributed by atoms with Gasteiger partial charge in [0.05, 0.1) is 24.4 Å². The minimum absolute atomic E-state index is 0.0777. The predicted octanol–water partition coefficient (Wildman–Crippen LogP) is 3.71. The van der Waals surface area contributed by atoms with Gasteiger partial charge in [-0.3, -0.25) is 9.78 Å². The fourth-order valence-corrected chi connectivity index (χ4v) is 4.15. The van der Waals surface area contributed by atoms with E-state index in [0.717, 1.165) is 54.3 Å². The van der Waals surface area contributed by atoms with Crippen LogP contribution in [-0.4, -0.2) is 47.7 Å². The predicted molar refractivity (Wildman–Crippen MR) is 113 cm³/mol. The average Bonchev–Trinajstić information content (AvgIpc) is 3.62. The Balaban J connectivity index is 1.64. The Kier molecular flexibility index (Phi) is 6.18. The molecule has 7 nitrogen and oxygen atoms in total. The maximum absolute atomic E-state index is 13.3. The van der Waals surface area contributed by atoms with Crippen molar-refractivity contribution in [3.05, 3.63) is 41.6 Å². The molecule has 4 rings (SSSR count). The number of fused-ring (bicyclic) bond motifs is 1. The molecule has 2 aliphatic rings. The first-order chi connectivity index (χ1) is 14.6. The molecule has 1 aliphatic heterocycles. The molecule has 2 aromatic rings. The summed E-state index contributed by atoms with van der Waals surface area (Å²) in [6, 6.07) is 9.93. The van der Waals surface area contributed by atoms with E-state index in [4.69, 9.17) is 14.5 Å². The van der Waals surface area contributed by atoms with Crippen LogP contribution in [0, 0.1) is 0 Å². The number of benzene rings is 1. The van der Waals surface area contributed by atoms with Gasteiger partial charge in [0.2, 0.25) is 0 Å². The van der Waals surface area contributed by atoms with Crippen LogP contribution >= 0.6 is 0 Å². The highest BCUT2D eigenvalue weighted by Gasteiger charge is 2.40. The summed E-state index contributed by atoms with van der Waals surface area (Å²) in [5.41, 5.74) is 2.62. The van der Waals surface area contributed by atoms with Gasteiger partial charge in [-0.25, -0.2) is 4.79 Å². The van der Waals surface area contributed by atoms with Crippen molar-refractivity contribution in [3.63, 3.8) is 0 Å². The van der Waals surface area contributed by atoms with E-state index in [1.807, 2.05) is 42.2 Å². The molecule has 2 heterocycles. The van der Waals surface area contributed by atoms with Crippen LogP contribution in [0.5, 0.6) is 0 Å². The Morgan fingerprint density at radius 3 is 2.77 bits per heavy atom. The zero-order valence-corrected chi connectivity index (χ0v) is 17.6. The molecule has 0 bridgehead atoms. The van der Waals surface area contributed by atoms with Crippen molar-refractivity contribution in [1.82, 2.24) is 15.2 Å². The molecule has 0 radical (unpaired) electrons. The van der Waals surface area contributed by atoms with Crippen molar-refractivity contribution in [3.8, 4) is 0 Å². The fraction of sp³-hybridized carbons (Fsp3) is 0.522. The van der Waals surface area contributed by atoms with E-state index in [0.29, 0.717) is 13.2 Å². The quantitative estimate of drug-likeness (QED) is 0.784. The van der Waals surface area contributed by atoms with E-state index in [1.54, 1.807) is 0 Å². The first-order valence-corrected chi connectivity index (χ1v) is 10.7. The number of carbonyl (C=O) groups excluding carboxylic acids is 2. The number of hydrogen-bond acceptors (Lipinski definition) is 5. The molecule has 7 heteroatoms. The lowest BCUT2D eigenvalue weighted by atomic mass is 10.0. The number of alkyl carbamates (subject to hydrolysis) is 1. The molecule has 0 spiro atoms. The monoisotopic (exact) mass is 411 g/mol. The number of hydrogen-bond donors (Lipinski definition) is 1. The zero-order chi connectivity index (χ0) is 21.1. The Labute approximate surface area is 176 Å². The first kappa shape index (κ1) is 20.6. The number of methoxy groups -OCH3 is 1. The number of nitrogens with zero attached hydrogens (tertiary/aromatic N) is 2. The van der Waals surface area contributed by atoms with E-state index in [1.165, 1.54) is 7.11 Å². The summed E-state index contributed by atoms with van der Waals surface area (Å²) in [5.74, 6) is 0.0777. The number of amides is 2. The third-order valence-electron chi connectivity index (χ3n) is 5.93. The topological polar surface area (TPSA) is 80.8 Å². The molecule has 1 aromatic carbocycles. The summed E-state index contributed by atoms with van der Waals surface area (Å²) >= 11 is 0. The van der Waals surface area contributed by atoms with Gasteiger partial charge in [0.25, 0.3) is 5.91 Å². The number of carbonyl (C=O) groups is 2. The molecule has 1 saturated heterocycles. The number of pyridine rings is 1. The van der Waals surface area contributed by atoms with Crippen molar-refractivity contribution < 1.29 is 19.1 Å². The van der Waals surface area contributed by atoms with Crippen LogP contribution in [0.1, 0.15) is 56.3 Å². The van der Waals surface area contributed by atoms with Gasteiger partial charge in [0.15, 0.2) is 0 Å². The van der Waals surface area contributed by atoms with Crippen LogP contribution in [0.4, 0.5) is 4.79 Å². The molecule has 0 unspecified atom stereocenters. The molecule has 1 aromatic heterocycles. The van der Waals surface area contributed by atoms with Crippen LogP contribution < -0.4 is 5.32 Å². The second-order valence-corrected chi connectivity index (χ2v) is 8.08. The van der Waals surface area contributed by atoms with Crippen molar-refractivity contribution in [2.75, 3.05) is 13.7 Å². The number of rotatable bonds is 6. The van der Waals surface area contributed by atoms with Gasteiger partial charge in [-0.2, -0.15) is 0 Å². The van der Waals surface area contributed by atoms with Gasteiger partial charge in [0, 0.05) is 24.6 Å². The number of nitrogens with one attached hydrogen (secondary N) is 1. The van der Waals surface area contributed by atoms with E-state index < -0.39 is 6.09 Å². The van der Waals surface area contributed by atoms with Crippen LogP contribution in [-0.2, 0) is 20.8 Å². The molecule has 2 atom stereocenters. The summed E-state index contributed by atoms with van der Waals surface area (Å²) in [5, 5.41) is 3.73. The maximum atomic E-state index is 13.3.